The molecule has 0 fully saturated rings. The lowest BCUT2D eigenvalue weighted by atomic mass is 9.96. The number of amides is 1. The van der Waals surface area contributed by atoms with Gasteiger partial charge < -0.3 is 15.2 Å². The van der Waals surface area contributed by atoms with Crippen molar-refractivity contribution in [2.75, 3.05) is 6.54 Å². The molecule has 2 aromatic rings. The molecule has 1 aliphatic heterocycles. The van der Waals surface area contributed by atoms with Gasteiger partial charge in [0.15, 0.2) is 17.5 Å². The third-order valence-corrected chi connectivity index (χ3v) is 5.17. The molecule has 0 saturated carbocycles. The molecule has 1 atom stereocenters. The largest absolute Gasteiger partial charge is 0.451 e. The molecular formula is C18H19F6N5O. The molecule has 0 bridgehead atoms. The van der Waals surface area contributed by atoms with Gasteiger partial charge in [0.2, 0.25) is 11.7 Å². The minimum atomic E-state index is -4.68. The minimum Gasteiger partial charge on any atom is -0.327 e. The van der Waals surface area contributed by atoms with Crippen molar-refractivity contribution >= 4 is 5.91 Å². The number of nitrogens with zero attached hydrogens (tertiary/aromatic N) is 4. The van der Waals surface area contributed by atoms with Crippen molar-refractivity contribution in [1.82, 2.24) is 19.7 Å². The van der Waals surface area contributed by atoms with Gasteiger partial charge in [-0.25, -0.2) is 13.2 Å². The second kappa shape index (κ2) is 7.56. The topological polar surface area (TPSA) is 77.0 Å². The summed E-state index contributed by atoms with van der Waals surface area (Å²) in [5.74, 6) is -5.26. The van der Waals surface area contributed by atoms with Crippen LogP contribution in [0.3, 0.4) is 0 Å². The van der Waals surface area contributed by atoms with Crippen LogP contribution in [0, 0.1) is 17.5 Å². The smallest absolute Gasteiger partial charge is 0.327 e. The van der Waals surface area contributed by atoms with Crippen molar-refractivity contribution in [2.24, 2.45) is 5.73 Å². The van der Waals surface area contributed by atoms with Crippen LogP contribution < -0.4 is 5.73 Å². The Morgan fingerprint density at radius 1 is 1.13 bits per heavy atom. The number of aromatic nitrogens is 3. The molecule has 1 aromatic heterocycles. The Kier molecular flexibility index (Phi) is 5.56. The number of rotatable bonds is 4. The maximum atomic E-state index is 13.8. The number of hydrogen-bond acceptors (Lipinski definition) is 4. The molecule has 0 unspecified atom stereocenters. The lowest BCUT2D eigenvalue weighted by Gasteiger charge is -2.43. The minimum absolute atomic E-state index is 0.0340. The van der Waals surface area contributed by atoms with E-state index in [0.29, 0.717) is 12.1 Å². The first-order valence-electron chi connectivity index (χ1n) is 9.05. The molecule has 6 nitrogen and oxygen atoms in total. The molecule has 30 heavy (non-hydrogen) atoms. The molecule has 3 rings (SSSR count). The van der Waals surface area contributed by atoms with Crippen LogP contribution in [0.1, 0.15) is 37.5 Å². The zero-order chi connectivity index (χ0) is 22.4. The molecule has 0 aliphatic carbocycles. The highest BCUT2D eigenvalue weighted by Gasteiger charge is 2.46. The lowest BCUT2D eigenvalue weighted by Crippen LogP contribution is -2.56. The van der Waals surface area contributed by atoms with Gasteiger partial charge in [-0.15, -0.1) is 10.2 Å². The molecule has 0 saturated heterocycles. The van der Waals surface area contributed by atoms with Crippen LogP contribution in [0.4, 0.5) is 26.3 Å². The van der Waals surface area contributed by atoms with Crippen molar-refractivity contribution in [3.8, 4) is 0 Å². The first-order chi connectivity index (χ1) is 13.8. The Bertz CT molecular complexity index is 971. The van der Waals surface area contributed by atoms with E-state index in [-0.39, 0.29) is 37.3 Å². The second-order valence-electron chi connectivity index (χ2n) is 7.55. The summed E-state index contributed by atoms with van der Waals surface area (Å²) < 4.78 is 80.3. The van der Waals surface area contributed by atoms with Gasteiger partial charge in [-0.05, 0) is 38.3 Å². The maximum absolute atomic E-state index is 13.8. The number of carbonyl (C=O) groups excluding carboxylic acids is 1. The summed E-state index contributed by atoms with van der Waals surface area (Å²) in [4.78, 5) is 14.1. The Morgan fingerprint density at radius 2 is 1.77 bits per heavy atom. The molecule has 0 radical (unpaired) electrons. The summed E-state index contributed by atoms with van der Waals surface area (Å²) >= 11 is 0. The number of aryl methyl sites for hydroxylation is 1. The molecule has 12 heteroatoms. The number of hydrogen-bond donors (Lipinski definition) is 1. The summed E-state index contributed by atoms with van der Waals surface area (Å²) in [6.45, 7) is 2.81. The van der Waals surface area contributed by atoms with Crippen molar-refractivity contribution in [1.29, 1.82) is 0 Å². The number of halogens is 6. The van der Waals surface area contributed by atoms with Gasteiger partial charge in [0.1, 0.15) is 5.82 Å². The van der Waals surface area contributed by atoms with E-state index in [9.17, 15) is 31.1 Å². The first-order valence-corrected chi connectivity index (χ1v) is 9.05. The van der Waals surface area contributed by atoms with Crippen LogP contribution in [0.15, 0.2) is 12.1 Å². The zero-order valence-electron chi connectivity index (χ0n) is 16.1. The number of fused-ring (bicyclic) bond motifs is 1. The highest BCUT2D eigenvalue weighted by Crippen LogP contribution is 2.36. The van der Waals surface area contributed by atoms with E-state index in [1.165, 1.54) is 18.7 Å². The molecular weight excluding hydrogens is 416 g/mol. The summed E-state index contributed by atoms with van der Waals surface area (Å²) in [7, 11) is 0. The number of alkyl halides is 3. The molecule has 0 spiro atoms. The van der Waals surface area contributed by atoms with Gasteiger partial charge in [0, 0.05) is 19.2 Å². The fourth-order valence-corrected chi connectivity index (χ4v) is 3.55. The van der Waals surface area contributed by atoms with Crippen LogP contribution in [0.25, 0.3) is 0 Å². The molecule has 1 amide bonds. The molecule has 2 heterocycles. The van der Waals surface area contributed by atoms with Gasteiger partial charge in [-0.1, -0.05) is 0 Å². The summed E-state index contributed by atoms with van der Waals surface area (Å²) in [6.07, 6.45) is -4.88. The quantitative estimate of drug-likeness (QED) is 0.592. The van der Waals surface area contributed by atoms with Crippen molar-refractivity contribution in [2.45, 2.75) is 51.0 Å². The molecule has 164 valence electrons. The Morgan fingerprint density at radius 3 is 2.40 bits per heavy atom. The van der Waals surface area contributed by atoms with Crippen molar-refractivity contribution in [3.05, 3.63) is 46.8 Å². The Labute approximate surface area is 167 Å². The van der Waals surface area contributed by atoms with Crippen molar-refractivity contribution in [3.63, 3.8) is 0 Å². The average Bonchev–Trinajstić information content (AvgIpc) is 3.09. The molecule has 1 aromatic carbocycles. The van der Waals surface area contributed by atoms with E-state index in [1.54, 1.807) is 0 Å². The third kappa shape index (κ3) is 3.87. The normalized spacial score (nSPS) is 17.0. The highest BCUT2D eigenvalue weighted by molar-refractivity contribution is 5.82. The predicted octanol–water partition coefficient (Wildman–Crippen LogP) is 2.75. The van der Waals surface area contributed by atoms with Gasteiger partial charge in [0.05, 0.1) is 11.6 Å². The lowest BCUT2D eigenvalue weighted by molar-refractivity contribution is -0.149. The monoisotopic (exact) mass is 435 g/mol. The fourth-order valence-electron chi connectivity index (χ4n) is 3.55. The zero-order valence-corrected chi connectivity index (χ0v) is 16.1. The van der Waals surface area contributed by atoms with Crippen molar-refractivity contribution < 1.29 is 31.1 Å². The number of carbonyl (C=O) groups is 1. The molecule has 1 aliphatic rings. The van der Waals surface area contributed by atoms with Gasteiger partial charge in [-0.3, -0.25) is 4.79 Å². The first kappa shape index (κ1) is 22.1. The third-order valence-electron chi connectivity index (χ3n) is 5.17. The van der Waals surface area contributed by atoms with E-state index in [4.69, 9.17) is 5.73 Å². The number of benzene rings is 1. The van der Waals surface area contributed by atoms with Gasteiger partial charge in [0.25, 0.3) is 0 Å². The van der Waals surface area contributed by atoms with E-state index in [2.05, 4.69) is 10.2 Å². The van der Waals surface area contributed by atoms with Crippen LogP contribution in [0.2, 0.25) is 0 Å². The van der Waals surface area contributed by atoms with E-state index in [1.807, 2.05) is 0 Å². The standard InChI is InChI=1S/C18H19F6N5O/c1-17(2)15-26-27-16(18(22,23)24)28(15)5-6-29(17)14(30)13(25)4-3-9-7-11(20)12(21)8-10(9)19/h7-8,13H,3-6,25H2,1-2H3/t13-/m1/s1. The van der Waals surface area contributed by atoms with E-state index >= 15 is 0 Å². The highest BCUT2D eigenvalue weighted by atomic mass is 19.4. The second-order valence-corrected chi connectivity index (χ2v) is 7.55. The fraction of sp³-hybridized carbons (Fsp3) is 0.500. The summed E-state index contributed by atoms with van der Waals surface area (Å²) in [5, 5.41) is 6.84. The van der Waals surface area contributed by atoms with E-state index in [0.717, 1.165) is 4.57 Å². The Hall–Kier alpha value is -2.63. The maximum Gasteiger partial charge on any atom is 0.451 e. The van der Waals surface area contributed by atoms with Gasteiger partial charge >= 0.3 is 6.18 Å². The molecule has 2 N–H and O–H groups in total. The van der Waals surface area contributed by atoms with Gasteiger partial charge in [-0.2, -0.15) is 13.2 Å². The number of nitrogens with two attached hydrogens (primary N) is 1. The summed E-state index contributed by atoms with van der Waals surface area (Å²) in [5.41, 5.74) is 4.57. The van der Waals surface area contributed by atoms with Crippen LogP contribution in [-0.4, -0.2) is 38.2 Å². The van der Waals surface area contributed by atoms with Crippen LogP contribution >= 0.6 is 0 Å². The average molecular weight is 435 g/mol. The Balaban J connectivity index is 1.75. The summed E-state index contributed by atoms with van der Waals surface area (Å²) in [6, 6.07) is -0.0154. The van der Waals surface area contributed by atoms with Crippen LogP contribution in [0.5, 0.6) is 0 Å². The van der Waals surface area contributed by atoms with E-state index < -0.39 is 46.9 Å². The SMILES string of the molecule is CC1(C)c2nnc(C(F)(F)F)n2CCN1C(=O)[C@H](N)CCc1cc(F)c(F)cc1F. The van der Waals surface area contributed by atoms with Crippen LogP contribution in [-0.2, 0) is 29.5 Å². The predicted molar refractivity (Wildman–Crippen MR) is 92.4 cm³/mol.